The van der Waals surface area contributed by atoms with E-state index in [1.807, 2.05) is 24.3 Å². The normalized spacial score (nSPS) is 17.0. The van der Waals surface area contributed by atoms with Crippen LogP contribution in [0.3, 0.4) is 0 Å². The molecule has 0 bridgehead atoms. The number of pyridine rings is 1. The van der Waals surface area contributed by atoms with Crippen LogP contribution in [-0.4, -0.2) is 61.5 Å². The fraction of sp³-hybridized carbons (Fsp3) is 0.409. The first-order chi connectivity index (χ1) is 15.4. The fourth-order valence-corrected chi connectivity index (χ4v) is 4.40. The second kappa shape index (κ2) is 9.76. The summed E-state index contributed by atoms with van der Waals surface area (Å²) in [5.41, 5.74) is 1.84. The van der Waals surface area contributed by atoms with Gasteiger partial charge in [-0.15, -0.1) is 0 Å². The van der Waals surface area contributed by atoms with Gasteiger partial charge < -0.3 is 14.6 Å². The Morgan fingerprint density at radius 1 is 1.22 bits per heavy atom. The Labute approximate surface area is 187 Å². The van der Waals surface area contributed by atoms with Crippen LogP contribution >= 0.6 is 0 Å². The van der Waals surface area contributed by atoms with Crippen molar-refractivity contribution in [2.45, 2.75) is 30.3 Å². The monoisotopic (exact) mass is 457 g/mol. The Hall–Kier alpha value is -2.82. The number of sulfone groups is 1. The third kappa shape index (κ3) is 5.32. The lowest BCUT2D eigenvalue weighted by Crippen LogP contribution is -2.23. The second-order valence-corrected chi connectivity index (χ2v) is 9.87. The standard InChI is InChI=1S/C22H27N5O4S/c1-30-13-11-23-20-10-7-17(14-24-20)21-25-22(31-26-21)19-4-3-12-27(19)15-16-5-8-18(9-6-16)32(2,28)29/h5-10,14,19H,3-4,11-13,15H2,1-2H3,(H,23,24). The summed E-state index contributed by atoms with van der Waals surface area (Å²) >= 11 is 0. The summed E-state index contributed by atoms with van der Waals surface area (Å²) in [5, 5.41) is 7.33. The summed E-state index contributed by atoms with van der Waals surface area (Å²) in [5.74, 6) is 1.87. The molecule has 0 saturated carbocycles. The summed E-state index contributed by atoms with van der Waals surface area (Å²) in [7, 11) is -1.54. The lowest BCUT2D eigenvalue weighted by Gasteiger charge is -2.21. The van der Waals surface area contributed by atoms with Crippen molar-refractivity contribution in [2.75, 3.05) is 38.4 Å². The Morgan fingerprint density at radius 3 is 2.72 bits per heavy atom. The van der Waals surface area contributed by atoms with Crippen molar-refractivity contribution in [2.24, 2.45) is 0 Å². The van der Waals surface area contributed by atoms with Crippen LogP contribution < -0.4 is 5.32 Å². The van der Waals surface area contributed by atoms with E-state index in [0.717, 1.165) is 36.3 Å². The van der Waals surface area contributed by atoms with Crippen LogP contribution in [0.15, 0.2) is 52.0 Å². The number of methoxy groups -OCH3 is 1. The lowest BCUT2D eigenvalue weighted by molar-refractivity contribution is 0.201. The predicted octanol–water partition coefficient (Wildman–Crippen LogP) is 2.93. The molecule has 1 atom stereocenters. The largest absolute Gasteiger partial charge is 0.383 e. The van der Waals surface area contributed by atoms with Crippen molar-refractivity contribution in [3.8, 4) is 11.4 Å². The maximum Gasteiger partial charge on any atom is 0.244 e. The highest BCUT2D eigenvalue weighted by molar-refractivity contribution is 7.90. The molecule has 2 aromatic heterocycles. The molecule has 0 aliphatic carbocycles. The summed E-state index contributed by atoms with van der Waals surface area (Å²) in [6.45, 7) is 2.90. The van der Waals surface area contributed by atoms with Gasteiger partial charge in [0.1, 0.15) is 5.82 Å². The van der Waals surface area contributed by atoms with Crippen molar-refractivity contribution in [3.63, 3.8) is 0 Å². The van der Waals surface area contributed by atoms with E-state index in [-0.39, 0.29) is 6.04 Å². The van der Waals surface area contributed by atoms with Crippen LogP contribution in [0.4, 0.5) is 5.82 Å². The predicted molar refractivity (Wildman–Crippen MR) is 120 cm³/mol. The number of hydrogen-bond acceptors (Lipinski definition) is 9. The van der Waals surface area contributed by atoms with Crippen LogP contribution in [0, 0.1) is 0 Å². The molecule has 3 aromatic rings. The fourth-order valence-electron chi connectivity index (χ4n) is 3.77. The van der Waals surface area contributed by atoms with Gasteiger partial charge in [-0.25, -0.2) is 13.4 Å². The minimum Gasteiger partial charge on any atom is -0.383 e. The summed E-state index contributed by atoms with van der Waals surface area (Å²) in [6.07, 6.45) is 4.91. The molecule has 1 aliphatic heterocycles. The number of nitrogens with zero attached hydrogens (tertiary/aromatic N) is 4. The van der Waals surface area contributed by atoms with Crippen LogP contribution in [-0.2, 0) is 21.1 Å². The molecule has 1 N–H and O–H groups in total. The molecule has 0 radical (unpaired) electrons. The van der Waals surface area contributed by atoms with Crippen LogP contribution in [0.1, 0.15) is 30.3 Å². The van der Waals surface area contributed by atoms with E-state index in [1.165, 1.54) is 6.26 Å². The van der Waals surface area contributed by atoms with E-state index in [4.69, 9.17) is 9.26 Å². The van der Waals surface area contributed by atoms with E-state index in [1.54, 1.807) is 25.4 Å². The SMILES string of the molecule is COCCNc1ccc(-c2noc(C3CCCN3Cc3ccc(S(C)(=O)=O)cc3)n2)cn1. The zero-order valence-corrected chi connectivity index (χ0v) is 19.0. The molecule has 170 valence electrons. The molecular formula is C22H27N5O4S. The average molecular weight is 458 g/mol. The first-order valence-corrected chi connectivity index (χ1v) is 12.4. The maximum atomic E-state index is 11.7. The van der Waals surface area contributed by atoms with Crippen molar-refractivity contribution < 1.29 is 17.7 Å². The number of hydrogen-bond donors (Lipinski definition) is 1. The molecule has 1 aromatic carbocycles. The Bertz CT molecular complexity index is 1130. The molecule has 4 rings (SSSR count). The van der Waals surface area contributed by atoms with E-state index in [9.17, 15) is 8.42 Å². The van der Waals surface area contributed by atoms with E-state index < -0.39 is 9.84 Å². The minimum atomic E-state index is -3.19. The van der Waals surface area contributed by atoms with Gasteiger partial charge in [-0.3, -0.25) is 4.90 Å². The maximum absolute atomic E-state index is 11.7. The summed E-state index contributed by atoms with van der Waals surface area (Å²) < 4.78 is 34.0. The van der Waals surface area contributed by atoms with Gasteiger partial charge in [-0.1, -0.05) is 17.3 Å². The van der Waals surface area contributed by atoms with E-state index in [2.05, 4.69) is 25.3 Å². The van der Waals surface area contributed by atoms with Gasteiger partial charge in [0, 0.05) is 38.2 Å². The first-order valence-electron chi connectivity index (χ1n) is 10.5. The third-order valence-corrected chi connectivity index (χ3v) is 6.59. The highest BCUT2D eigenvalue weighted by atomic mass is 32.2. The molecule has 1 unspecified atom stereocenters. The van der Waals surface area contributed by atoms with Crippen molar-refractivity contribution in [1.82, 2.24) is 20.0 Å². The molecule has 9 nitrogen and oxygen atoms in total. The number of rotatable bonds is 9. The minimum absolute atomic E-state index is 0.0359. The van der Waals surface area contributed by atoms with Gasteiger partial charge >= 0.3 is 0 Å². The lowest BCUT2D eigenvalue weighted by atomic mass is 10.2. The smallest absolute Gasteiger partial charge is 0.244 e. The second-order valence-electron chi connectivity index (χ2n) is 7.85. The van der Waals surface area contributed by atoms with Crippen molar-refractivity contribution >= 4 is 15.7 Å². The van der Waals surface area contributed by atoms with Gasteiger partial charge in [-0.05, 0) is 49.2 Å². The first kappa shape index (κ1) is 22.4. The number of anilines is 1. The molecule has 10 heteroatoms. The number of ether oxygens (including phenoxy) is 1. The molecule has 0 spiro atoms. The molecule has 32 heavy (non-hydrogen) atoms. The van der Waals surface area contributed by atoms with Crippen LogP contribution in [0.25, 0.3) is 11.4 Å². The Morgan fingerprint density at radius 2 is 2.03 bits per heavy atom. The average Bonchev–Trinajstić information content (AvgIpc) is 3.44. The van der Waals surface area contributed by atoms with E-state index in [0.29, 0.717) is 36.3 Å². The number of aromatic nitrogens is 3. The van der Waals surface area contributed by atoms with E-state index >= 15 is 0 Å². The Kier molecular flexibility index (Phi) is 6.83. The highest BCUT2D eigenvalue weighted by Crippen LogP contribution is 2.33. The number of nitrogens with one attached hydrogen (secondary N) is 1. The van der Waals surface area contributed by atoms with Crippen LogP contribution in [0.2, 0.25) is 0 Å². The molecule has 1 aliphatic rings. The topological polar surface area (TPSA) is 110 Å². The zero-order chi connectivity index (χ0) is 22.6. The number of likely N-dealkylation sites (tertiary alicyclic amines) is 1. The van der Waals surface area contributed by atoms with Gasteiger partial charge in [0.2, 0.25) is 11.7 Å². The molecule has 1 fully saturated rings. The highest BCUT2D eigenvalue weighted by Gasteiger charge is 2.31. The van der Waals surface area contributed by atoms with Crippen molar-refractivity contribution in [3.05, 3.63) is 54.0 Å². The molecule has 3 heterocycles. The number of benzene rings is 1. The van der Waals surface area contributed by atoms with Gasteiger partial charge in [-0.2, -0.15) is 4.98 Å². The van der Waals surface area contributed by atoms with Gasteiger partial charge in [0.15, 0.2) is 9.84 Å². The molecule has 0 amide bonds. The molecular weight excluding hydrogens is 430 g/mol. The summed E-state index contributed by atoms with van der Waals surface area (Å²) in [6, 6.07) is 10.9. The zero-order valence-electron chi connectivity index (χ0n) is 18.2. The molecule has 1 saturated heterocycles. The Balaban J connectivity index is 1.42. The van der Waals surface area contributed by atoms with Gasteiger partial charge in [0.05, 0.1) is 17.5 Å². The van der Waals surface area contributed by atoms with Crippen molar-refractivity contribution in [1.29, 1.82) is 0 Å². The van der Waals surface area contributed by atoms with Gasteiger partial charge in [0.25, 0.3) is 0 Å². The summed E-state index contributed by atoms with van der Waals surface area (Å²) in [4.78, 5) is 11.6. The third-order valence-electron chi connectivity index (χ3n) is 5.46. The van der Waals surface area contributed by atoms with Crippen LogP contribution in [0.5, 0.6) is 0 Å². The quantitative estimate of drug-likeness (QED) is 0.485.